The first-order valence-corrected chi connectivity index (χ1v) is 7.28. The van der Waals surface area contributed by atoms with Gasteiger partial charge in [0.15, 0.2) is 0 Å². The molecule has 0 heterocycles. The minimum absolute atomic E-state index is 0.0319. The predicted octanol–water partition coefficient (Wildman–Crippen LogP) is 3.89. The van der Waals surface area contributed by atoms with Crippen molar-refractivity contribution in [1.82, 2.24) is 0 Å². The van der Waals surface area contributed by atoms with E-state index in [1.54, 1.807) is 0 Å². The summed E-state index contributed by atoms with van der Waals surface area (Å²) in [6.07, 6.45) is 4.02. The Morgan fingerprint density at radius 1 is 1.21 bits per heavy atom. The first-order valence-electron chi connectivity index (χ1n) is 7.28. The van der Waals surface area contributed by atoms with Crippen LogP contribution in [0.5, 0.6) is 0 Å². The summed E-state index contributed by atoms with van der Waals surface area (Å²) in [5.41, 5.74) is 1.38. The molecule has 19 heavy (non-hydrogen) atoms. The predicted molar refractivity (Wildman–Crippen MR) is 79.2 cm³/mol. The summed E-state index contributed by atoms with van der Waals surface area (Å²) < 4.78 is 5.76. The quantitative estimate of drug-likeness (QED) is 0.631. The third-order valence-electron chi connectivity index (χ3n) is 3.67. The highest BCUT2D eigenvalue weighted by molar-refractivity contribution is 5.54. The number of carbonyl (C=O) groups excluding carboxylic acids is 1. The van der Waals surface area contributed by atoms with Gasteiger partial charge >= 0.3 is 0 Å². The molecule has 106 valence electrons. The molecular weight excluding hydrogens is 236 g/mol. The lowest BCUT2D eigenvalue weighted by Gasteiger charge is -2.19. The van der Waals surface area contributed by atoms with Crippen molar-refractivity contribution in [1.29, 1.82) is 0 Å². The molecule has 3 unspecified atom stereocenters. The van der Waals surface area contributed by atoms with E-state index in [-0.39, 0.29) is 12.0 Å². The van der Waals surface area contributed by atoms with Crippen LogP contribution in [0, 0.1) is 11.8 Å². The Kier molecular flexibility index (Phi) is 7.42. The van der Waals surface area contributed by atoms with Crippen molar-refractivity contribution >= 4 is 6.29 Å². The van der Waals surface area contributed by atoms with Crippen LogP contribution >= 0.6 is 0 Å². The topological polar surface area (TPSA) is 26.3 Å². The van der Waals surface area contributed by atoms with Crippen molar-refractivity contribution in [2.24, 2.45) is 11.8 Å². The summed E-state index contributed by atoms with van der Waals surface area (Å²) in [7, 11) is 0. The fourth-order valence-electron chi connectivity index (χ4n) is 2.24. The Hall–Kier alpha value is -1.15. The fraction of sp³-hybridized carbons (Fsp3) is 0.588. The van der Waals surface area contributed by atoms with Gasteiger partial charge in [0.25, 0.3) is 0 Å². The summed E-state index contributed by atoms with van der Waals surface area (Å²) in [4.78, 5) is 10.8. The summed E-state index contributed by atoms with van der Waals surface area (Å²) >= 11 is 0. The molecule has 0 aromatic heterocycles. The molecule has 0 saturated heterocycles. The lowest BCUT2D eigenvalue weighted by atomic mass is 9.98. The molecule has 0 bridgehead atoms. The van der Waals surface area contributed by atoms with E-state index in [4.69, 9.17) is 4.74 Å². The summed E-state index contributed by atoms with van der Waals surface area (Å²) in [6, 6.07) is 10.5. The fourth-order valence-corrected chi connectivity index (χ4v) is 2.24. The highest BCUT2D eigenvalue weighted by atomic mass is 16.5. The zero-order chi connectivity index (χ0) is 14.1. The van der Waals surface area contributed by atoms with Gasteiger partial charge in [-0.05, 0) is 37.7 Å². The molecule has 0 N–H and O–H groups in total. The number of ether oxygens (including phenoxy) is 1. The van der Waals surface area contributed by atoms with E-state index >= 15 is 0 Å². The highest BCUT2D eigenvalue weighted by Gasteiger charge is 2.15. The zero-order valence-corrected chi connectivity index (χ0v) is 12.3. The van der Waals surface area contributed by atoms with Crippen LogP contribution in [0.15, 0.2) is 30.3 Å². The van der Waals surface area contributed by atoms with Crippen LogP contribution in [0.3, 0.4) is 0 Å². The molecule has 0 radical (unpaired) electrons. The largest absolute Gasteiger partial charge is 0.378 e. The molecule has 0 spiro atoms. The average molecular weight is 262 g/mol. The van der Waals surface area contributed by atoms with Crippen molar-refractivity contribution in [2.45, 2.75) is 46.1 Å². The molecule has 2 nitrogen and oxygen atoms in total. The van der Waals surface area contributed by atoms with Gasteiger partial charge in [0.05, 0.1) is 6.10 Å². The summed E-state index contributed by atoms with van der Waals surface area (Å²) in [6.45, 7) is 7.00. The Morgan fingerprint density at radius 3 is 2.47 bits per heavy atom. The van der Waals surface area contributed by atoms with Crippen molar-refractivity contribution < 1.29 is 9.53 Å². The smallest absolute Gasteiger partial charge is 0.125 e. The molecule has 0 fully saturated rings. The Bertz CT molecular complexity index is 348. The molecule has 0 aliphatic carbocycles. The molecule has 2 heteroatoms. The SMILES string of the molecule is CCC(C=O)C(C)OCCC(C)Cc1ccccc1. The van der Waals surface area contributed by atoms with Crippen LogP contribution in [-0.2, 0) is 16.0 Å². The first kappa shape index (κ1) is 15.9. The summed E-state index contributed by atoms with van der Waals surface area (Å²) in [5.74, 6) is 0.635. The molecule has 0 aliphatic heterocycles. The maximum absolute atomic E-state index is 10.8. The second-order valence-electron chi connectivity index (χ2n) is 5.37. The van der Waals surface area contributed by atoms with E-state index in [1.165, 1.54) is 5.56 Å². The minimum atomic E-state index is 0.0319. The van der Waals surface area contributed by atoms with Gasteiger partial charge in [-0.3, -0.25) is 0 Å². The van der Waals surface area contributed by atoms with Crippen LogP contribution in [0.2, 0.25) is 0 Å². The van der Waals surface area contributed by atoms with E-state index < -0.39 is 0 Å². The lowest BCUT2D eigenvalue weighted by Crippen LogP contribution is -2.22. The second kappa shape index (κ2) is 8.87. The van der Waals surface area contributed by atoms with Gasteiger partial charge in [-0.15, -0.1) is 0 Å². The maximum Gasteiger partial charge on any atom is 0.125 e. The molecule has 1 rings (SSSR count). The van der Waals surface area contributed by atoms with E-state index in [9.17, 15) is 4.79 Å². The minimum Gasteiger partial charge on any atom is -0.378 e. The van der Waals surface area contributed by atoms with Crippen molar-refractivity contribution in [3.63, 3.8) is 0 Å². The number of rotatable bonds is 9. The molecular formula is C17H26O2. The van der Waals surface area contributed by atoms with Crippen molar-refractivity contribution in [2.75, 3.05) is 6.61 Å². The Balaban J connectivity index is 2.23. The molecule has 1 aromatic rings. The van der Waals surface area contributed by atoms with Crippen LogP contribution < -0.4 is 0 Å². The third kappa shape index (κ3) is 6.02. The molecule has 0 saturated carbocycles. The number of hydrogen-bond acceptors (Lipinski definition) is 2. The number of benzene rings is 1. The highest BCUT2D eigenvalue weighted by Crippen LogP contribution is 2.14. The van der Waals surface area contributed by atoms with E-state index in [2.05, 4.69) is 31.2 Å². The van der Waals surface area contributed by atoms with E-state index in [1.807, 2.05) is 19.9 Å². The second-order valence-corrected chi connectivity index (χ2v) is 5.37. The van der Waals surface area contributed by atoms with Crippen LogP contribution in [0.25, 0.3) is 0 Å². The molecule has 1 aromatic carbocycles. The Morgan fingerprint density at radius 2 is 1.89 bits per heavy atom. The normalized spacial score (nSPS) is 15.7. The van der Waals surface area contributed by atoms with Crippen molar-refractivity contribution in [3.8, 4) is 0 Å². The number of hydrogen-bond donors (Lipinski definition) is 0. The van der Waals surface area contributed by atoms with E-state index in [0.717, 1.165) is 32.2 Å². The van der Waals surface area contributed by atoms with Gasteiger partial charge in [-0.1, -0.05) is 44.2 Å². The standard InChI is InChI=1S/C17H26O2/c1-4-17(13-18)15(3)19-11-10-14(2)12-16-8-6-5-7-9-16/h5-9,13-15,17H,4,10-12H2,1-3H3. The van der Waals surface area contributed by atoms with Crippen LogP contribution in [0.4, 0.5) is 0 Å². The van der Waals surface area contributed by atoms with Crippen LogP contribution in [-0.4, -0.2) is 19.0 Å². The summed E-state index contributed by atoms with van der Waals surface area (Å²) in [5, 5.41) is 0. The number of carbonyl (C=O) groups is 1. The molecule has 0 amide bonds. The Labute approximate surface area is 117 Å². The van der Waals surface area contributed by atoms with Gasteiger partial charge in [-0.25, -0.2) is 0 Å². The van der Waals surface area contributed by atoms with Gasteiger partial charge in [0, 0.05) is 12.5 Å². The molecule has 0 aliphatic rings. The van der Waals surface area contributed by atoms with Gasteiger partial charge in [0.1, 0.15) is 6.29 Å². The van der Waals surface area contributed by atoms with E-state index in [0.29, 0.717) is 5.92 Å². The van der Waals surface area contributed by atoms with Gasteiger partial charge < -0.3 is 9.53 Å². The third-order valence-corrected chi connectivity index (χ3v) is 3.67. The lowest BCUT2D eigenvalue weighted by molar-refractivity contribution is -0.115. The molecule has 3 atom stereocenters. The maximum atomic E-state index is 10.8. The average Bonchev–Trinajstić information content (AvgIpc) is 2.41. The zero-order valence-electron chi connectivity index (χ0n) is 12.3. The first-order chi connectivity index (χ1) is 9.17. The monoisotopic (exact) mass is 262 g/mol. The number of aldehydes is 1. The van der Waals surface area contributed by atoms with Crippen LogP contribution in [0.1, 0.15) is 39.2 Å². The van der Waals surface area contributed by atoms with Gasteiger partial charge in [0.2, 0.25) is 0 Å². The van der Waals surface area contributed by atoms with Crippen molar-refractivity contribution in [3.05, 3.63) is 35.9 Å². The van der Waals surface area contributed by atoms with Gasteiger partial charge in [-0.2, -0.15) is 0 Å².